The Hall–Kier alpha value is -3.11. The summed E-state index contributed by atoms with van der Waals surface area (Å²) in [5, 5.41) is 2.60. The van der Waals surface area contributed by atoms with Crippen molar-refractivity contribution in [3.05, 3.63) is 48.5 Å². The lowest BCUT2D eigenvalue weighted by Crippen LogP contribution is -2.30. The van der Waals surface area contributed by atoms with E-state index in [1.165, 1.54) is 31.2 Å². The first-order valence-corrected chi connectivity index (χ1v) is 12.6. The molecule has 34 heavy (non-hydrogen) atoms. The lowest BCUT2D eigenvalue weighted by atomic mass is 10.3. The molecule has 0 saturated heterocycles. The van der Waals surface area contributed by atoms with Gasteiger partial charge in [0.1, 0.15) is 0 Å². The number of hydrogen-bond donors (Lipinski definition) is 2. The van der Waals surface area contributed by atoms with Gasteiger partial charge in [0, 0.05) is 18.2 Å². The number of para-hydroxylation sites is 2. The first-order valence-electron chi connectivity index (χ1n) is 11.1. The number of anilines is 1. The molecule has 0 aromatic heterocycles. The standard InChI is InChI=1S/C24H32N2O7S/c1-5-31-21-9-6-7-10-22(21)32-16-8-11-23(27)33-18(4)24(28)25-19-12-14-20(15-13-19)34(29,30)26-17(2)3/h6-7,9-10,12-15,17-18,26H,5,8,11,16H2,1-4H3,(H,25,28). The Balaban J connectivity index is 1.77. The predicted molar refractivity (Wildman–Crippen MR) is 128 cm³/mol. The molecular weight excluding hydrogens is 460 g/mol. The topological polar surface area (TPSA) is 120 Å². The summed E-state index contributed by atoms with van der Waals surface area (Å²) >= 11 is 0. The van der Waals surface area contributed by atoms with Crippen LogP contribution in [0.15, 0.2) is 53.4 Å². The molecule has 0 aliphatic heterocycles. The Labute approximate surface area is 200 Å². The van der Waals surface area contributed by atoms with Gasteiger partial charge < -0.3 is 19.5 Å². The maximum atomic E-state index is 12.3. The van der Waals surface area contributed by atoms with E-state index in [2.05, 4.69) is 10.0 Å². The average Bonchev–Trinajstić information content (AvgIpc) is 2.77. The highest BCUT2D eigenvalue weighted by molar-refractivity contribution is 7.89. The van der Waals surface area contributed by atoms with E-state index < -0.39 is 28.0 Å². The van der Waals surface area contributed by atoms with Crippen molar-refractivity contribution in [2.45, 2.75) is 57.6 Å². The molecule has 10 heteroatoms. The van der Waals surface area contributed by atoms with Crippen molar-refractivity contribution in [1.29, 1.82) is 0 Å². The van der Waals surface area contributed by atoms with E-state index in [1.807, 2.05) is 25.1 Å². The van der Waals surface area contributed by atoms with Crippen molar-refractivity contribution >= 4 is 27.6 Å². The van der Waals surface area contributed by atoms with Crippen molar-refractivity contribution in [2.75, 3.05) is 18.5 Å². The van der Waals surface area contributed by atoms with Crippen LogP contribution in [0.1, 0.15) is 40.5 Å². The lowest BCUT2D eigenvalue weighted by Gasteiger charge is -2.14. The van der Waals surface area contributed by atoms with E-state index in [0.29, 0.717) is 36.8 Å². The van der Waals surface area contributed by atoms with Crippen molar-refractivity contribution in [3.63, 3.8) is 0 Å². The summed E-state index contributed by atoms with van der Waals surface area (Å²) in [6.07, 6.45) is -0.518. The first kappa shape index (κ1) is 27.1. The number of esters is 1. The summed E-state index contributed by atoms with van der Waals surface area (Å²) < 4.78 is 43.2. The van der Waals surface area contributed by atoms with E-state index >= 15 is 0 Å². The predicted octanol–water partition coefficient (Wildman–Crippen LogP) is 3.50. The van der Waals surface area contributed by atoms with Crippen LogP contribution in [0.5, 0.6) is 11.5 Å². The van der Waals surface area contributed by atoms with Crippen LogP contribution in [0.25, 0.3) is 0 Å². The van der Waals surface area contributed by atoms with E-state index in [9.17, 15) is 18.0 Å². The van der Waals surface area contributed by atoms with Crippen molar-refractivity contribution in [1.82, 2.24) is 4.72 Å². The molecule has 0 aliphatic carbocycles. The maximum Gasteiger partial charge on any atom is 0.306 e. The van der Waals surface area contributed by atoms with E-state index in [-0.39, 0.29) is 17.4 Å². The number of rotatable bonds is 13. The summed E-state index contributed by atoms with van der Waals surface area (Å²) in [6, 6.07) is 12.8. The molecule has 1 unspecified atom stereocenters. The largest absolute Gasteiger partial charge is 0.490 e. The molecule has 2 N–H and O–H groups in total. The molecule has 0 bridgehead atoms. The number of benzene rings is 2. The zero-order valence-electron chi connectivity index (χ0n) is 19.9. The van der Waals surface area contributed by atoms with Crippen LogP contribution < -0.4 is 19.5 Å². The van der Waals surface area contributed by atoms with Crippen LogP contribution in [-0.4, -0.2) is 45.7 Å². The van der Waals surface area contributed by atoms with Gasteiger partial charge in [-0.25, -0.2) is 13.1 Å². The number of sulfonamides is 1. The van der Waals surface area contributed by atoms with Crippen molar-refractivity contribution < 1.29 is 32.2 Å². The molecule has 186 valence electrons. The van der Waals surface area contributed by atoms with Crippen molar-refractivity contribution in [2.24, 2.45) is 0 Å². The smallest absolute Gasteiger partial charge is 0.306 e. The van der Waals surface area contributed by atoms with E-state index in [0.717, 1.165) is 0 Å². The summed E-state index contributed by atoms with van der Waals surface area (Å²) in [5.74, 6) is 0.195. The van der Waals surface area contributed by atoms with Gasteiger partial charge in [-0.05, 0) is 70.5 Å². The Morgan fingerprint density at radius 1 is 0.941 bits per heavy atom. The van der Waals surface area contributed by atoms with Crippen LogP contribution in [0.4, 0.5) is 5.69 Å². The molecule has 2 aromatic rings. The van der Waals surface area contributed by atoms with Gasteiger partial charge in [0.2, 0.25) is 10.0 Å². The molecule has 0 fully saturated rings. The fourth-order valence-corrected chi connectivity index (χ4v) is 4.14. The zero-order valence-corrected chi connectivity index (χ0v) is 20.7. The Morgan fingerprint density at radius 2 is 1.56 bits per heavy atom. The van der Waals surface area contributed by atoms with Crippen LogP contribution in [0, 0.1) is 0 Å². The third-order valence-electron chi connectivity index (χ3n) is 4.43. The summed E-state index contributed by atoms with van der Waals surface area (Å²) in [7, 11) is -3.62. The monoisotopic (exact) mass is 492 g/mol. The summed E-state index contributed by atoms with van der Waals surface area (Å²) in [5.41, 5.74) is 0.387. The summed E-state index contributed by atoms with van der Waals surface area (Å²) in [6.45, 7) is 7.61. The highest BCUT2D eigenvalue weighted by atomic mass is 32.2. The maximum absolute atomic E-state index is 12.3. The molecule has 0 radical (unpaired) electrons. The van der Waals surface area contributed by atoms with Gasteiger partial charge in [-0.15, -0.1) is 0 Å². The molecular formula is C24H32N2O7S. The molecule has 0 aliphatic rings. The molecule has 2 rings (SSSR count). The third kappa shape index (κ3) is 8.68. The molecule has 0 heterocycles. The minimum absolute atomic E-state index is 0.0871. The second-order valence-electron chi connectivity index (χ2n) is 7.75. The highest BCUT2D eigenvalue weighted by Crippen LogP contribution is 2.26. The van der Waals surface area contributed by atoms with Gasteiger partial charge >= 0.3 is 5.97 Å². The SMILES string of the molecule is CCOc1ccccc1OCCCC(=O)OC(C)C(=O)Nc1ccc(S(=O)(=O)NC(C)C)cc1. The number of carbonyl (C=O) groups excluding carboxylic acids is 2. The van der Waals surface area contributed by atoms with Crippen LogP contribution in [-0.2, 0) is 24.3 Å². The number of ether oxygens (including phenoxy) is 3. The molecule has 2 aromatic carbocycles. The van der Waals surface area contributed by atoms with Gasteiger partial charge in [0.25, 0.3) is 5.91 Å². The number of amides is 1. The quantitative estimate of drug-likeness (QED) is 0.324. The Morgan fingerprint density at radius 3 is 2.15 bits per heavy atom. The van der Waals surface area contributed by atoms with Crippen LogP contribution in [0.3, 0.4) is 0 Å². The summed E-state index contributed by atoms with van der Waals surface area (Å²) in [4.78, 5) is 24.5. The van der Waals surface area contributed by atoms with Gasteiger partial charge in [-0.3, -0.25) is 9.59 Å². The molecule has 0 saturated carbocycles. The van der Waals surface area contributed by atoms with Gasteiger partial charge in [-0.1, -0.05) is 12.1 Å². The van der Waals surface area contributed by atoms with Crippen LogP contribution in [0.2, 0.25) is 0 Å². The Bertz CT molecular complexity index is 1050. The number of carbonyl (C=O) groups is 2. The van der Waals surface area contributed by atoms with Crippen molar-refractivity contribution in [3.8, 4) is 11.5 Å². The fraction of sp³-hybridized carbons (Fsp3) is 0.417. The van der Waals surface area contributed by atoms with E-state index in [4.69, 9.17) is 14.2 Å². The van der Waals surface area contributed by atoms with Gasteiger partial charge in [-0.2, -0.15) is 0 Å². The molecule has 1 atom stereocenters. The van der Waals surface area contributed by atoms with Crippen LogP contribution >= 0.6 is 0 Å². The Kier molecular flexibility index (Phi) is 10.3. The minimum atomic E-state index is -3.62. The number of nitrogens with one attached hydrogen (secondary N) is 2. The highest BCUT2D eigenvalue weighted by Gasteiger charge is 2.19. The lowest BCUT2D eigenvalue weighted by molar-refractivity contribution is -0.153. The molecule has 1 amide bonds. The van der Waals surface area contributed by atoms with E-state index in [1.54, 1.807) is 19.9 Å². The zero-order chi connectivity index (χ0) is 25.1. The fourth-order valence-electron chi connectivity index (χ4n) is 2.89. The minimum Gasteiger partial charge on any atom is -0.490 e. The third-order valence-corrected chi connectivity index (χ3v) is 6.11. The first-order chi connectivity index (χ1) is 16.1. The second-order valence-corrected chi connectivity index (χ2v) is 9.47. The van der Waals surface area contributed by atoms with Gasteiger partial charge in [0.05, 0.1) is 18.1 Å². The second kappa shape index (κ2) is 13.0. The molecule has 9 nitrogen and oxygen atoms in total. The molecule has 0 spiro atoms. The number of hydrogen-bond acceptors (Lipinski definition) is 7. The van der Waals surface area contributed by atoms with Gasteiger partial charge in [0.15, 0.2) is 17.6 Å². The average molecular weight is 493 g/mol. The normalized spacial score (nSPS) is 12.1.